The molecule has 0 unspecified atom stereocenters. The third kappa shape index (κ3) is 3.89. The number of hydrogen-bond acceptors (Lipinski definition) is 2. The Hall–Kier alpha value is -1.17. The molecule has 1 heterocycles. The van der Waals surface area contributed by atoms with Crippen LogP contribution in [0.3, 0.4) is 0 Å². The van der Waals surface area contributed by atoms with Crippen LogP contribution in [0.25, 0.3) is 10.9 Å². The fourth-order valence-electron chi connectivity index (χ4n) is 1.82. The molecule has 104 valence electrons. The summed E-state index contributed by atoms with van der Waals surface area (Å²) in [6.45, 7) is 0.779. The summed E-state index contributed by atoms with van der Waals surface area (Å²) in [4.78, 5) is 3.22. The van der Waals surface area contributed by atoms with Crippen LogP contribution in [0.4, 0.5) is 8.78 Å². The van der Waals surface area contributed by atoms with Crippen molar-refractivity contribution in [3.63, 3.8) is 0 Å². The number of para-hydroxylation sites is 1. The SMILES string of the molecule is FC(F)COCCNCc1[nH]c2ccccc2c1Cl. The third-order valence-electron chi connectivity index (χ3n) is 2.68. The lowest BCUT2D eigenvalue weighted by Gasteiger charge is -2.05. The maximum absolute atomic E-state index is 11.8. The quantitative estimate of drug-likeness (QED) is 0.768. The van der Waals surface area contributed by atoms with E-state index in [1.54, 1.807) is 0 Å². The lowest BCUT2D eigenvalue weighted by molar-refractivity contribution is 0.0187. The molecule has 0 atom stereocenters. The number of fused-ring (bicyclic) bond motifs is 1. The van der Waals surface area contributed by atoms with Crippen LogP contribution in [-0.4, -0.2) is 31.2 Å². The van der Waals surface area contributed by atoms with Gasteiger partial charge in [-0.25, -0.2) is 8.78 Å². The molecule has 6 heteroatoms. The molecule has 1 aromatic heterocycles. The van der Waals surface area contributed by atoms with E-state index in [4.69, 9.17) is 16.3 Å². The Morgan fingerprint density at radius 3 is 2.84 bits per heavy atom. The Labute approximate surface area is 114 Å². The van der Waals surface area contributed by atoms with Crippen LogP contribution < -0.4 is 5.32 Å². The molecular weight excluding hydrogens is 274 g/mol. The Morgan fingerprint density at radius 2 is 2.11 bits per heavy atom. The number of rotatable bonds is 7. The maximum atomic E-state index is 11.8. The minimum atomic E-state index is -2.41. The van der Waals surface area contributed by atoms with Crippen molar-refractivity contribution in [2.24, 2.45) is 0 Å². The van der Waals surface area contributed by atoms with Crippen LogP contribution in [0.1, 0.15) is 5.69 Å². The minimum Gasteiger partial charge on any atom is -0.374 e. The zero-order valence-corrected chi connectivity index (χ0v) is 11.0. The molecule has 3 nitrogen and oxygen atoms in total. The van der Waals surface area contributed by atoms with Gasteiger partial charge in [0.2, 0.25) is 0 Å². The number of aromatic nitrogens is 1. The number of H-pyrrole nitrogens is 1. The number of nitrogens with one attached hydrogen (secondary N) is 2. The van der Waals surface area contributed by atoms with Crippen LogP contribution >= 0.6 is 11.6 Å². The van der Waals surface area contributed by atoms with Gasteiger partial charge in [0.25, 0.3) is 6.43 Å². The molecule has 1 aromatic carbocycles. The standard InChI is InChI=1S/C13H15ClF2N2O/c14-13-9-3-1-2-4-10(9)18-11(13)7-17-5-6-19-8-12(15)16/h1-4,12,17-18H,5-8H2. The molecule has 0 radical (unpaired) electrons. The first-order chi connectivity index (χ1) is 9.18. The average Bonchev–Trinajstić information content (AvgIpc) is 2.71. The lowest BCUT2D eigenvalue weighted by Crippen LogP contribution is -2.20. The van der Waals surface area contributed by atoms with E-state index in [9.17, 15) is 8.78 Å². The number of alkyl halides is 2. The predicted molar refractivity (Wildman–Crippen MR) is 71.8 cm³/mol. The largest absolute Gasteiger partial charge is 0.374 e. The van der Waals surface area contributed by atoms with E-state index < -0.39 is 13.0 Å². The summed E-state index contributed by atoms with van der Waals surface area (Å²) in [5, 5.41) is 4.76. The zero-order valence-electron chi connectivity index (χ0n) is 10.3. The summed E-state index contributed by atoms with van der Waals surface area (Å²) >= 11 is 6.24. The van der Waals surface area contributed by atoms with E-state index in [1.807, 2.05) is 24.3 Å². The van der Waals surface area contributed by atoms with Gasteiger partial charge >= 0.3 is 0 Å². The van der Waals surface area contributed by atoms with Crippen LogP contribution in [-0.2, 0) is 11.3 Å². The summed E-state index contributed by atoms with van der Waals surface area (Å²) in [5.74, 6) is 0. The zero-order chi connectivity index (χ0) is 13.7. The predicted octanol–water partition coefficient (Wildman–Crippen LogP) is 3.19. The molecule has 0 fully saturated rings. The molecule has 0 bridgehead atoms. The van der Waals surface area contributed by atoms with Gasteiger partial charge in [-0.15, -0.1) is 0 Å². The fourth-order valence-corrected chi connectivity index (χ4v) is 2.09. The molecule has 0 spiro atoms. The van der Waals surface area contributed by atoms with Gasteiger partial charge < -0.3 is 15.0 Å². The van der Waals surface area contributed by atoms with E-state index in [0.717, 1.165) is 16.6 Å². The molecule has 19 heavy (non-hydrogen) atoms. The smallest absolute Gasteiger partial charge is 0.261 e. The molecule has 0 aliphatic heterocycles. The van der Waals surface area contributed by atoms with Gasteiger partial charge in [-0.1, -0.05) is 29.8 Å². The highest BCUT2D eigenvalue weighted by atomic mass is 35.5. The number of aromatic amines is 1. The first kappa shape index (κ1) is 14.2. The van der Waals surface area contributed by atoms with Gasteiger partial charge in [-0.05, 0) is 6.07 Å². The molecule has 0 aliphatic carbocycles. The van der Waals surface area contributed by atoms with Crippen LogP contribution in [0.5, 0.6) is 0 Å². The molecule has 0 saturated carbocycles. The summed E-state index contributed by atoms with van der Waals surface area (Å²) in [5.41, 5.74) is 1.87. The molecule has 0 amide bonds. The molecule has 2 N–H and O–H groups in total. The summed E-state index contributed by atoms with van der Waals surface area (Å²) in [6.07, 6.45) is -2.41. The van der Waals surface area contributed by atoms with E-state index >= 15 is 0 Å². The first-order valence-corrected chi connectivity index (χ1v) is 6.38. The fraction of sp³-hybridized carbons (Fsp3) is 0.385. The number of halogens is 3. The van der Waals surface area contributed by atoms with Crippen molar-refractivity contribution in [1.82, 2.24) is 10.3 Å². The van der Waals surface area contributed by atoms with Gasteiger partial charge in [-0.3, -0.25) is 0 Å². The van der Waals surface area contributed by atoms with Crippen LogP contribution in [0.15, 0.2) is 24.3 Å². The van der Waals surface area contributed by atoms with E-state index in [2.05, 4.69) is 10.3 Å². The lowest BCUT2D eigenvalue weighted by atomic mass is 10.2. The summed E-state index contributed by atoms with van der Waals surface area (Å²) in [7, 11) is 0. The Kier molecular flexibility index (Phi) is 5.13. The van der Waals surface area contributed by atoms with Gasteiger partial charge in [0, 0.05) is 29.7 Å². The van der Waals surface area contributed by atoms with Gasteiger partial charge in [0.1, 0.15) is 6.61 Å². The Balaban J connectivity index is 1.80. The monoisotopic (exact) mass is 288 g/mol. The number of benzene rings is 1. The minimum absolute atomic E-state index is 0.252. The molecule has 2 rings (SSSR count). The van der Waals surface area contributed by atoms with Crippen molar-refractivity contribution in [2.75, 3.05) is 19.8 Å². The topological polar surface area (TPSA) is 37.0 Å². The molecule has 2 aromatic rings. The van der Waals surface area contributed by atoms with Crippen molar-refractivity contribution >= 4 is 22.5 Å². The van der Waals surface area contributed by atoms with E-state index in [1.165, 1.54) is 0 Å². The number of hydrogen-bond donors (Lipinski definition) is 2. The first-order valence-electron chi connectivity index (χ1n) is 6.00. The second-order valence-corrected chi connectivity index (χ2v) is 4.48. The van der Waals surface area contributed by atoms with E-state index in [0.29, 0.717) is 18.1 Å². The summed E-state index contributed by atoms with van der Waals surface area (Å²) in [6, 6.07) is 7.77. The van der Waals surface area contributed by atoms with Crippen molar-refractivity contribution in [2.45, 2.75) is 13.0 Å². The molecular formula is C13H15ClF2N2O. The van der Waals surface area contributed by atoms with Crippen molar-refractivity contribution in [3.05, 3.63) is 35.0 Å². The second-order valence-electron chi connectivity index (χ2n) is 4.11. The molecule has 0 saturated heterocycles. The van der Waals surface area contributed by atoms with E-state index in [-0.39, 0.29) is 6.61 Å². The molecule has 0 aliphatic rings. The van der Waals surface area contributed by atoms with Gasteiger partial charge in [-0.2, -0.15) is 0 Å². The summed E-state index contributed by atoms with van der Waals surface area (Å²) < 4.78 is 28.4. The second kappa shape index (κ2) is 6.84. The van der Waals surface area contributed by atoms with Crippen molar-refractivity contribution in [1.29, 1.82) is 0 Å². The highest BCUT2D eigenvalue weighted by Gasteiger charge is 2.08. The third-order valence-corrected chi connectivity index (χ3v) is 3.11. The normalized spacial score (nSPS) is 11.6. The van der Waals surface area contributed by atoms with Gasteiger partial charge in [0.15, 0.2) is 0 Å². The average molecular weight is 289 g/mol. The Morgan fingerprint density at radius 1 is 1.32 bits per heavy atom. The Bertz CT molecular complexity index is 530. The highest BCUT2D eigenvalue weighted by molar-refractivity contribution is 6.36. The number of ether oxygens (including phenoxy) is 1. The van der Waals surface area contributed by atoms with Crippen LogP contribution in [0, 0.1) is 0 Å². The van der Waals surface area contributed by atoms with Crippen molar-refractivity contribution < 1.29 is 13.5 Å². The van der Waals surface area contributed by atoms with Crippen molar-refractivity contribution in [3.8, 4) is 0 Å². The highest BCUT2D eigenvalue weighted by Crippen LogP contribution is 2.26. The maximum Gasteiger partial charge on any atom is 0.261 e. The van der Waals surface area contributed by atoms with Gasteiger partial charge in [0.05, 0.1) is 11.6 Å². The van der Waals surface area contributed by atoms with Crippen LogP contribution in [0.2, 0.25) is 5.02 Å².